The van der Waals surface area contributed by atoms with Crippen molar-refractivity contribution in [2.24, 2.45) is 0 Å². The van der Waals surface area contributed by atoms with Gasteiger partial charge in [0.15, 0.2) is 12.1 Å². The van der Waals surface area contributed by atoms with Crippen LogP contribution in [-0.4, -0.2) is 68.8 Å². The molecule has 0 bridgehead atoms. The van der Waals surface area contributed by atoms with E-state index in [9.17, 15) is 13.5 Å². The number of hydrogen-bond donors (Lipinski definition) is 1. The van der Waals surface area contributed by atoms with Crippen molar-refractivity contribution in [1.29, 1.82) is 0 Å². The second kappa shape index (κ2) is 11.6. The minimum Gasteiger partial charge on any atom is -0.388 e. The van der Waals surface area contributed by atoms with Gasteiger partial charge >= 0.3 is 0 Å². The molecule has 2 aliphatic heterocycles. The highest BCUT2D eigenvalue weighted by atomic mass is 32.2. The molecule has 5 atom stereocenters. The first-order chi connectivity index (χ1) is 16.7. The molecule has 2 saturated heterocycles. The number of aliphatic hydroxyl groups excluding tert-OH is 1. The largest absolute Gasteiger partial charge is 0.388 e. The average Bonchev–Trinajstić information content (AvgIpc) is 3.26. The maximum atomic E-state index is 13.6. The van der Waals surface area contributed by atoms with Crippen molar-refractivity contribution < 1.29 is 36.7 Å². The van der Waals surface area contributed by atoms with Crippen LogP contribution in [0.4, 0.5) is 0 Å². The molecule has 1 aromatic carbocycles. The third-order valence-electron chi connectivity index (χ3n) is 6.51. The number of benzene rings is 1. The zero-order valence-corrected chi connectivity index (χ0v) is 24.4. The summed E-state index contributed by atoms with van der Waals surface area (Å²) in [6.07, 6.45) is -2.12. The summed E-state index contributed by atoms with van der Waals surface area (Å²) >= 11 is 1.48. The van der Waals surface area contributed by atoms with Crippen LogP contribution in [-0.2, 0) is 33.2 Å². The highest BCUT2D eigenvalue weighted by Gasteiger charge is 2.57. The van der Waals surface area contributed by atoms with Crippen molar-refractivity contribution in [1.82, 2.24) is 0 Å². The molecule has 1 N–H and O–H groups in total. The predicted molar refractivity (Wildman–Crippen MR) is 140 cm³/mol. The van der Waals surface area contributed by atoms with Crippen LogP contribution in [0.25, 0.3) is 0 Å². The average molecular weight is 547 g/mol. The van der Waals surface area contributed by atoms with Gasteiger partial charge in [0.1, 0.15) is 29.3 Å². The van der Waals surface area contributed by atoms with Crippen molar-refractivity contribution >= 4 is 21.9 Å². The second-order valence-corrected chi connectivity index (χ2v) is 13.3. The van der Waals surface area contributed by atoms with E-state index in [-0.39, 0.29) is 22.6 Å². The molecule has 0 saturated carbocycles. The fraction of sp³-hybridized carbons (Fsp3) is 0.769. The lowest BCUT2D eigenvalue weighted by atomic mass is 9.89. The van der Waals surface area contributed by atoms with Gasteiger partial charge in [-0.05, 0) is 54.5 Å². The fourth-order valence-electron chi connectivity index (χ4n) is 4.64. The lowest BCUT2D eigenvalue weighted by Gasteiger charge is -2.28. The van der Waals surface area contributed by atoms with Crippen LogP contribution in [0.5, 0.6) is 0 Å². The van der Waals surface area contributed by atoms with Gasteiger partial charge in [0, 0.05) is 0 Å². The van der Waals surface area contributed by atoms with Gasteiger partial charge in [-0.15, -0.1) is 11.8 Å². The van der Waals surface area contributed by atoms with Gasteiger partial charge < -0.3 is 24.1 Å². The zero-order chi connectivity index (χ0) is 27.0. The Morgan fingerprint density at radius 1 is 1.03 bits per heavy atom. The van der Waals surface area contributed by atoms with Crippen molar-refractivity contribution in [2.45, 2.75) is 115 Å². The first-order valence-corrected chi connectivity index (χ1v) is 15.4. The number of thioether (sulfide) groups is 1. The van der Waals surface area contributed by atoms with Gasteiger partial charge in [0.25, 0.3) is 10.1 Å². The molecular weight excluding hydrogens is 504 g/mol. The van der Waals surface area contributed by atoms with Crippen molar-refractivity contribution in [3.8, 4) is 0 Å². The number of rotatable bonds is 11. The van der Waals surface area contributed by atoms with E-state index in [4.69, 9.17) is 23.1 Å². The van der Waals surface area contributed by atoms with Crippen molar-refractivity contribution in [3.05, 3.63) is 28.8 Å². The molecule has 2 heterocycles. The minimum atomic E-state index is -4.17. The third-order valence-corrected chi connectivity index (χ3v) is 8.30. The van der Waals surface area contributed by atoms with E-state index in [1.54, 1.807) is 13.8 Å². The molecule has 8 nitrogen and oxygen atoms in total. The summed E-state index contributed by atoms with van der Waals surface area (Å²) in [4.78, 5) is 0.192. The Hall–Kier alpha value is -0.720. The third kappa shape index (κ3) is 6.46. The van der Waals surface area contributed by atoms with Crippen LogP contribution in [0.3, 0.4) is 0 Å². The van der Waals surface area contributed by atoms with E-state index >= 15 is 0 Å². The van der Waals surface area contributed by atoms with Crippen molar-refractivity contribution in [3.63, 3.8) is 0 Å². The second-order valence-electron chi connectivity index (χ2n) is 10.9. The lowest BCUT2D eigenvalue weighted by molar-refractivity contribution is -0.229. The zero-order valence-electron chi connectivity index (χ0n) is 22.8. The Balaban J connectivity index is 1.84. The summed E-state index contributed by atoms with van der Waals surface area (Å²) in [5.74, 6) is -0.278. The summed E-state index contributed by atoms with van der Waals surface area (Å²) in [5.41, 5.74) is 2.52. The molecule has 0 spiro atoms. The Morgan fingerprint density at radius 2 is 1.61 bits per heavy atom. The van der Waals surface area contributed by atoms with E-state index in [1.165, 1.54) is 11.8 Å². The Labute approximate surface area is 220 Å². The number of aliphatic hydroxyl groups is 1. The predicted octanol–water partition coefficient (Wildman–Crippen LogP) is 4.71. The maximum absolute atomic E-state index is 13.6. The van der Waals surface area contributed by atoms with Gasteiger partial charge in [0.05, 0.1) is 12.5 Å². The van der Waals surface area contributed by atoms with E-state index < -0.39 is 53.2 Å². The van der Waals surface area contributed by atoms with Crippen LogP contribution in [0.1, 0.15) is 89.8 Å². The molecular formula is C26H42O8S2. The normalized spacial score (nSPS) is 26.8. The smallest absolute Gasteiger partial charge is 0.297 e. The SMILES string of the molecule is CSCO[C@H]1[C@H]2OC(C)(C)O[C@H]2O[C@@H]1[C@H](O)COS(=O)(=O)c1c(C(C)C)cc(C(C)C)cc1C(C)C. The summed E-state index contributed by atoms with van der Waals surface area (Å²) < 4.78 is 56.2. The summed E-state index contributed by atoms with van der Waals surface area (Å²) in [7, 11) is -4.17. The Bertz CT molecular complexity index is 976. The molecule has 0 aliphatic carbocycles. The highest BCUT2D eigenvalue weighted by Crippen LogP contribution is 2.40. The van der Waals surface area contributed by atoms with Crippen LogP contribution in [0.15, 0.2) is 17.0 Å². The van der Waals surface area contributed by atoms with Crippen molar-refractivity contribution in [2.75, 3.05) is 18.8 Å². The van der Waals surface area contributed by atoms with Gasteiger partial charge in [-0.3, -0.25) is 4.18 Å². The first-order valence-electron chi connectivity index (χ1n) is 12.5. The van der Waals surface area contributed by atoms with E-state index in [2.05, 4.69) is 13.8 Å². The van der Waals surface area contributed by atoms with Crippen LogP contribution in [0, 0.1) is 0 Å². The molecule has 0 unspecified atom stereocenters. The molecule has 2 fully saturated rings. The quantitative estimate of drug-likeness (QED) is 0.312. The van der Waals surface area contributed by atoms with Gasteiger partial charge in [-0.1, -0.05) is 53.7 Å². The van der Waals surface area contributed by atoms with Crippen LogP contribution in [0.2, 0.25) is 0 Å². The molecule has 0 radical (unpaired) electrons. The summed E-state index contributed by atoms with van der Waals surface area (Å²) in [5, 5.41) is 11.0. The summed E-state index contributed by atoms with van der Waals surface area (Å²) in [6.45, 7) is 15.1. The molecule has 2 aliphatic rings. The van der Waals surface area contributed by atoms with Gasteiger partial charge in [0.2, 0.25) is 0 Å². The van der Waals surface area contributed by atoms with Gasteiger partial charge in [-0.2, -0.15) is 8.42 Å². The minimum absolute atomic E-state index is 0.0287. The number of ether oxygens (including phenoxy) is 4. The molecule has 0 amide bonds. The fourth-order valence-corrected chi connectivity index (χ4v) is 6.54. The molecule has 3 rings (SSSR count). The van der Waals surface area contributed by atoms with Crippen LogP contribution < -0.4 is 0 Å². The maximum Gasteiger partial charge on any atom is 0.297 e. The van der Waals surface area contributed by atoms with E-state index in [0.29, 0.717) is 5.94 Å². The molecule has 206 valence electrons. The van der Waals surface area contributed by atoms with E-state index in [0.717, 1.165) is 16.7 Å². The molecule has 10 heteroatoms. The first kappa shape index (κ1) is 29.8. The lowest BCUT2D eigenvalue weighted by Crippen LogP contribution is -2.44. The topological polar surface area (TPSA) is 101 Å². The van der Waals surface area contributed by atoms with Crippen LogP contribution >= 0.6 is 11.8 Å². The molecule has 36 heavy (non-hydrogen) atoms. The number of fused-ring (bicyclic) bond motifs is 1. The highest BCUT2D eigenvalue weighted by molar-refractivity contribution is 7.98. The molecule has 0 aromatic heterocycles. The Kier molecular flexibility index (Phi) is 9.59. The monoisotopic (exact) mass is 546 g/mol. The molecule has 1 aromatic rings. The standard InChI is InChI=1S/C26H42O8S2/c1-14(2)17-10-18(15(3)4)24(19(11-17)16(5)6)36(28,29)31-12-20(27)21-22(30-13-35-9)23-25(32-21)34-26(7,8)33-23/h10-11,14-16,20-23,25,27H,12-13H2,1-9H3/t20-,21-,22-,23-,25-/m1/s1. The van der Waals surface area contributed by atoms with E-state index in [1.807, 2.05) is 46.1 Å². The van der Waals surface area contributed by atoms with Gasteiger partial charge in [-0.25, -0.2) is 0 Å². The Morgan fingerprint density at radius 3 is 2.11 bits per heavy atom. The summed E-state index contributed by atoms with van der Waals surface area (Å²) in [6, 6.07) is 3.91. The number of hydrogen-bond acceptors (Lipinski definition) is 9.